The van der Waals surface area contributed by atoms with Crippen LogP contribution in [-0.4, -0.2) is 29.4 Å². The summed E-state index contributed by atoms with van der Waals surface area (Å²) in [4.78, 5) is 4.76. The van der Waals surface area contributed by atoms with Crippen molar-refractivity contribution in [2.24, 2.45) is 0 Å². The van der Waals surface area contributed by atoms with Crippen LogP contribution in [0.2, 0.25) is 0 Å². The fraction of sp³-hybridized carbons (Fsp3) is 0.125. The van der Waals surface area contributed by atoms with Gasteiger partial charge in [-0.05, 0) is 24.8 Å². The number of benzene rings is 1. The number of allylic oxidation sites excluding steroid dienone is 1. The molecule has 0 fully saturated rings. The Bertz CT molecular complexity index is 1020. The highest BCUT2D eigenvalue weighted by atomic mass is 32.2. The number of aryl methyl sites for hydroxylation is 1. The van der Waals surface area contributed by atoms with Crippen LogP contribution in [0.15, 0.2) is 59.5 Å². The van der Waals surface area contributed by atoms with Crippen LogP contribution in [0, 0.1) is 6.92 Å². The van der Waals surface area contributed by atoms with E-state index in [-0.39, 0.29) is 0 Å². The van der Waals surface area contributed by atoms with Crippen LogP contribution in [0.4, 0.5) is 0 Å². The third-order valence-corrected chi connectivity index (χ3v) is 4.49. The van der Waals surface area contributed by atoms with Crippen LogP contribution in [0.1, 0.15) is 5.69 Å². The van der Waals surface area contributed by atoms with Gasteiger partial charge in [-0.3, -0.25) is 0 Å². The molecular weight excluding hydrogens is 308 g/mol. The minimum absolute atomic E-state index is 0.668. The Kier molecular flexibility index (Phi) is 3.34. The Hall–Kier alpha value is -2.67. The van der Waals surface area contributed by atoms with Crippen molar-refractivity contribution in [2.45, 2.75) is 23.7 Å². The maximum absolute atomic E-state index is 4.76. The Morgan fingerprint density at radius 2 is 2.17 bits per heavy atom. The van der Waals surface area contributed by atoms with Gasteiger partial charge in [0.2, 0.25) is 0 Å². The summed E-state index contributed by atoms with van der Waals surface area (Å²) in [6, 6.07) is 10.1. The van der Waals surface area contributed by atoms with Gasteiger partial charge in [0.05, 0.1) is 11.2 Å². The third-order valence-electron chi connectivity index (χ3n) is 3.49. The molecule has 114 valence electrons. The summed E-state index contributed by atoms with van der Waals surface area (Å²) in [5.41, 5.74) is 2.81. The predicted molar refractivity (Wildman–Crippen MR) is 89.6 cm³/mol. The van der Waals surface area contributed by atoms with E-state index in [1.165, 1.54) is 11.8 Å². The average molecular weight is 322 g/mol. The van der Waals surface area contributed by atoms with Gasteiger partial charge in [0.1, 0.15) is 11.4 Å². The molecular formula is C16H14N6S. The molecule has 4 aromatic rings. The van der Waals surface area contributed by atoms with Crippen molar-refractivity contribution in [3.05, 3.63) is 55.0 Å². The highest BCUT2D eigenvalue weighted by Gasteiger charge is 2.13. The lowest BCUT2D eigenvalue weighted by molar-refractivity contribution is 0.724. The van der Waals surface area contributed by atoms with Gasteiger partial charge in [-0.2, -0.15) is 5.10 Å². The maximum Gasteiger partial charge on any atom is 0.197 e. The van der Waals surface area contributed by atoms with E-state index in [4.69, 9.17) is 4.98 Å². The molecule has 6 nitrogen and oxygen atoms in total. The van der Waals surface area contributed by atoms with E-state index >= 15 is 0 Å². The second kappa shape index (κ2) is 5.51. The van der Waals surface area contributed by atoms with Crippen molar-refractivity contribution in [1.82, 2.24) is 29.4 Å². The zero-order chi connectivity index (χ0) is 15.8. The molecule has 4 rings (SSSR count). The zero-order valence-electron chi connectivity index (χ0n) is 12.5. The van der Waals surface area contributed by atoms with Gasteiger partial charge in [-0.15, -0.1) is 16.8 Å². The zero-order valence-corrected chi connectivity index (χ0v) is 13.4. The molecule has 0 radical (unpaired) electrons. The normalized spacial score (nSPS) is 11.3. The predicted octanol–water partition coefficient (Wildman–Crippen LogP) is 3.12. The highest BCUT2D eigenvalue weighted by molar-refractivity contribution is 7.99. The largest absolute Gasteiger partial charge is 0.304 e. The van der Waals surface area contributed by atoms with Crippen molar-refractivity contribution in [1.29, 1.82) is 0 Å². The minimum Gasteiger partial charge on any atom is -0.304 e. The molecule has 23 heavy (non-hydrogen) atoms. The second-order valence-corrected chi connectivity index (χ2v) is 6.10. The Balaban J connectivity index is 1.90. The first-order valence-corrected chi connectivity index (χ1v) is 7.99. The van der Waals surface area contributed by atoms with Crippen molar-refractivity contribution in [3.63, 3.8) is 0 Å². The van der Waals surface area contributed by atoms with Crippen LogP contribution < -0.4 is 0 Å². The van der Waals surface area contributed by atoms with E-state index < -0.39 is 0 Å². The van der Waals surface area contributed by atoms with E-state index in [1.54, 1.807) is 6.33 Å². The van der Waals surface area contributed by atoms with Crippen LogP contribution in [0.25, 0.3) is 16.6 Å². The number of para-hydroxylation sites is 1. The van der Waals surface area contributed by atoms with Gasteiger partial charge in [0.15, 0.2) is 10.8 Å². The molecule has 0 saturated heterocycles. The van der Waals surface area contributed by atoms with Crippen LogP contribution >= 0.6 is 11.8 Å². The first kappa shape index (κ1) is 14.0. The number of fused-ring (bicyclic) bond motifs is 3. The monoisotopic (exact) mass is 322 g/mol. The Morgan fingerprint density at radius 1 is 1.30 bits per heavy atom. The molecule has 0 unspecified atom stereocenters. The molecule has 7 heteroatoms. The summed E-state index contributed by atoms with van der Waals surface area (Å²) < 4.78 is 3.82. The van der Waals surface area contributed by atoms with Gasteiger partial charge >= 0.3 is 0 Å². The number of aromatic nitrogens is 6. The molecule has 0 bridgehead atoms. The Morgan fingerprint density at radius 3 is 3.04 bits per heavy atom. The van der Waals surface area contributed by atoms with Gasteiger partial charge in [-0.1, -0.05) is 24.3 Å². The summed E-state index contributed by atoms with van der Waals surface area (Å²) in [6.07, 6.45) is 3.52. The second-order valence-electron chi connectivity index (χ2n) is 5.15. The fourth-order valence-corrected chi connectivity index (χ4v) is 3.42. The summed E-state index contributed by atoms with van der Waals surface area (Å²) in [6.45, 7) is 6.40. The summed E-state index contributed by atoms with van der Waals surface area (Å²) in [5, 5.41) is 15.4. The number of rotatable bonds is 4. The number of nitrogens with zero attached hydrogens (tertiary/aromatic N) is 6. The maximum atomic E-state index is 4.76. The number of hydrogen-bond donors (Lipinski definition) is 0. The Labute approximate surface area is 136 Å². The van der Waals surface area contributed by atoms with Crippen LogP contribution in [0.5, 0.6) is 0 Å². The van der Waals surface area contributed by atoms with Gasteiger partial charge < -0.3 is 4.57 Å². The molecule has 0 aliphatic heterocycles. The smallest absolute Gasteiger partial charge is 0.197 e. The summed E-state index contributed by atoms with van der Waals surface area (Å²) in [7, 11) is 0. The molecule has 3 aromatic heterocycles. The summed E-state index contributed by atoms with van der Waals surface area (Å²) in [5.74, 6) is 0. The van der Waals surface area contributed by atoms with Crippen molar-refractivity contribution in [3.8, 4) is 0 Å². The van der Waals surface area contributed by atoms with Crippen molar-refractivity contribution >= 4 is 28.3 Å². The molecule has 0 N–H and O–H groups in total. The average Bonchev–Trinajstić information content (AvgIpc) is 3.14. The van der Waals surface area contributed by atoms with E-state index in [0.29, 0.717) is 6.54 Å². The number of hydrogen-bond acceptors (Lipinski definition) is 5. The lowest BCUT2D eigenvalue weighted by Gasteiger charge is -2.07. The molecule has 0 spiro atoms. The first-order chi connectivity index (χ1) is 11.3. The lowest BCUT2D eigenvalue weighted by atomic mass is 10.2. The molecule has 0 aliphatic rings. The van der Waals surface area contributed by atoms with Crippen LogP contribution in [0.3, 0.4) is 0 Å². The third kappa shape index (κ3) is 2.39. The molecule has 3 heterocycles. The summed E-state index contributed by atoms with van der Waals surface area (Å²) >= 11 is 1.50. The molecule has 1 aromatic carbocycles. The SMILES string of the molecule is C=CCn1cnnc1Sc1nc2cc(C)nn2c2ccccc12. The van der Waals surface area contributed by atoms with Crippen LogP contribution in [-0.2, 0) is 6.54 Å². The van der Waals surface area contributed by atoms with E-state index in [9.17, 15) is 0 Å². The van der Waals surface area contributed by atoms with Gasteiger partial charge in [-0.25, -0.2) is 9.50 Å². The minimum atomic E-state index is 0.668. The molecule has 0 atom stereocenters. The molecule has 0 saturated carbocycles. The fourth-order valence-electron chi connectivity index (χ4n) is 2.50. The molecule has 0 aliphatic carbocycles. The lowest BCUT2D eigenvalue weighted by Crippen LogP contribution is -1.98. The topological polar surface area (TPSA) is 60.9 Å². The van der Waals surface area contributed by atoms with E-state index in [0.717, 1.165) is 32.4 Å². The van der Waals surface area contributed by atoms with Gasteiger partial charge in [0, 0.05) is 18.0 Å². The van der Waals surface area contributed by atoms with E-state index in [2.05, 4.69) is 34.0 Å². The first-order valence-electron chi connectivity index (χ1n) is 7.18. The van der Waals surface area contributed by atoms with Gasteiger partial charge in [0.25, 0.3) is 0 Å². The standard InChI is InChI=1S/C16H14N6S/c1-3-8-21-10-17-19-16(21)23-15-12-6-4-5-7-13(12)22-14(18-15)9-11(2)20-22/h3-7,9-10H,1,8H2,2H3. The van der Waals surface area contributed by atoms with Crippen molar-refractivity contribution in [2.75, 3.05) is 0 Å². The molecule has 0 amide bonds. The highest BCUT2D eigenvalue weighted by Crippen LogP contribution is 2.31. The van der Waals surface area contributed by atoms with E-state index in [1.807, 2.05) is 40.3 Å². The quantitative estimate of drug-likeness (QED) is 0.427. The van der Waals surface area contributed by atoms with Crippen molar-refractivity contribution < 1.29 is 0 Å².